The van der Waals surface area contributed by atoms with E-state index in [2.05, 4.69) is 10.6 Å². The first-order valence-electron chi connectivity index (χ1n) is 11.4. The summed E-state index contributed by atoms with van der Waals surface area (Å²) >= 11 is 0. The third-order valence-electron chi connectivity index (χ3n) is 5.36. The first kappa shape index (κ1) is 26.6. The van der Waals surface area contributed by atoms with E-state index < -0.39 is 41.8 Å². The van der Waals surface area contributed by atoms with Crippen molar-refractivity contribution in [2.75, 3.05) is 6.61 Å². The van der Waals surface area contributed by atoms with Crippen LogP contribution < -0.4 is 10.6 Å². The number of carbonyl (C=O) groups is 3. The van der Waals surface area contributed by atoms with Crippen LogP contribution in [-0.4, -0.2) is 57.7 Å². The molecule has 184 valence electrons. The Hall–Kier alpha value is -2.61. The Balaban J connectivity index is 2.46. The number of benzene rings is 1. The SMILES string of the molecule is Cc1ccccc1C(C(=O)NC(C)(C)C)N(C(=O)C(CO)NC(=O)OC(C)(C)C)C1CC1C. The number of rotatable bonds is 7. The van der Waals surface area contributed by atoms with Gasteiger partial charge in [-0.3, -0.25) is 9.59 Å². The summed E-state index contributed by atoms with van der Waals surface area (Å²) in [6.45, 7) is 14.1. The number of aliphatic hydroxyl groups excluding tert-OH is 1. The van der Waals surface area contributed by atoms with Crippen molar-refractivity contribution in [1.29, 1.82) is 0 Å². The van der Waals surface area contributed by atoms with Crippen molar-refractivity contribution in [3.8, 4) is 0 Å². The molecule has 4 unspecified atom stereocenters. The predicted octanol–water partition coefficient (Wildman–Crippen LogP) is 3.07. The molecule has 0 aliphatic heterocycles. The first-order chi connectivity index (χ1) is 15.1. The zero-order valence-corrected chi connectivity index (χ0v) is 21.1. The quantitative estimate of drug-likeness (QED) is 0.578. The Kier molecular flexibility index (Phi) is 8.17. The molecule has 1 aliphatic carbocycles. The molecule has 0 heterocycles. The van der Waals surface area contributed by atoms with Gasteiger partial charge in [-0.1, -0.05) is 31.2 Å². The number of amides is 3. The first-order valence-corrected chi connectivity index (χ1v) is 11.4. The number of nitrogens with one attached hydrogen (secondary N) is 2. The van der Waals surface area contributed by atoms with Crippen molar-refractivity contribution in [2.24, 2.45) is 5.92 Å². The van der Waals surface area contributed by atoms with E-state index in [1.165, 1.54) is 4.90 Å². The Morgan fingerprint density at radius 1 is 1.15 bits per heavy atom. The molecule has 0 spiro atoms. The summed E-state index contributed by atoms with van der Waals surface area (Å²) in [5.74, 6) is -0.628. The van der Waals surface area contributed by atoms with E-state index in [1.54, 1.807) is 20.8 Å². The second kappa shape index (κ2) is 10.1. The lowest BCUT2D eigenvalue weighted by Gasteiger charge is -2.36. The molecular weight excluding hydrogens is 422 g/mol. The lowest BCUT2D eigenvalue weighted by molar-refractivity contribution is -0.144. The summed E-state index contributed by atoms with van der Waals surface area (Å²) in [4.78, 5) is 41.1. The van der Waals surface area contributed by atoms with Gasteiger partial charge in [-0.15, -0.1) is 0 Å². The monoisotopic (exact) mass is 461 g/mol. The maximum absolute atomic E-state index is 13.7. The number of hydrogen-bond donors (Lipinski definition) is 3. The average Bonchev–Trinajstić information content (AvgIpc) is 3.37. The number of ether oxygens (including phenoxy) is 1. The summed E-state index contributed by atoms with van der Waals surface area (Å²) in [6.07, 6.45) is -0.0631. The zero-order chi connectivity index (χ0) is 25.1. The number of alkyl carbamates (subject to hydrolysis) is 1. The molecule has 1 saturated carbocycles. The molecule has 2 rings (SSSR count). The predicted molar refractivity (Wildman–Crippen MR) is 126 cm³/mol. The molecule has 8 heteroatoms. The highest BCUT2D eigenvalue weighted by Crippen LogP contribution is 2.41. The zero-order valence-electron chi connectivity index (χ0n) is 21.1. The van der Waals surface area contributed by atoms with Crippen molar-refractivity contribution >= 4 is 17.9 Å². The number of nitrogens with zero attached hydrogens (tertiary/aromatic N) is 1. The molecule has 1 aromatic carbocycles. The highest BCUT2D eigenvalue weighted by Gasteiger charge is 2.48. The van der Waals surface area contributed by atoms with Crippen LogP contribution in [0.2, 0.25) is 0 Å². The van der Waals surface area contributed by atoms with Crippen LogP contribution in [0, 0.1) is 12.8 Å². The van der Waals surface area contributed by atoms with Crippen molar-refractivity contribution in [3.63, 3.8) is 0 Å². The van der Waals surface area contributed by atoms with E-state index in [1.807, 2.05) is 58.9 Å². The summed E-state index contributed by atoms with van der Waals surface area (Å²) in [5, 5.41) is 15.4. The van der Waals surface area contributed by atoms with Crippen LogP contribution in [-0.2, 0) is 14.3 Å². The van der Waals surface area contributed by atoms with Crippen LogP contribution in [0.5, 0.6) is 0 Å². The third kappa shape index (κ3) is 7.45. The second-order valence-corrected chi connectivity index (χ2v) is 10.9. The molecule has 1 aromatic rings. The van der Waals surface area contributed by atoms with E-state index >= 15 is 0 Å². The van der Waals surface area contributed by atoms with Crippen LogP contribution in [0.15, 0.2) is 24.3 Å². The fourth-order valence-electron chi connectivity index (χ4n) is 3.74. The van der Waals surface area contributed by atoms with Gasteiger partial charge in [0.05, 0.1) is 6.61 Å². The van der Waals surface area contributed by atoms with E-state index in [-0.39, 0.29) is 17.9 Å². The third-order valence-corrected chi connectivity index (χ3v) is 5.36. The fourth-order valence-corrected chi connectivity index (χ4v) is 3.74. The maximum Gasteiger partial charge on any atom is 0.408 e. The number of hydrogen-bond acceptors (Lipinski definition) is 5. The van der Waals surface area contributed by atoms with Gasteiger partial charge < -0.3 is 25.4 Å². The largest absolute Gasteiger partial charge is 0.444 e. The van der Waals surface area contributed by atoms with Gasteiger partial charge in [0.15, 0.2) is 0 Å². The normalized spacial score (nSPS) is 19.8. The van der Waals surface area contributed by atoms with Crippen LogP contribution in [0.4, 0.5) is 4.79 Å². The van der Waals surface area contributed by atoms with Gasteiger partial charge in [0.25, 0.3) is 0 Å². The van der Waals surface area contributed by atoms with Crippen molar-refractivity contribution in [3.05, 3.63) is 35.4 Å². The lowest BCUT2D eigenvalue weighted by Crippen LogP contribution is -2.56. The van der Waals surface area contributed by atoms with Gasteiger partial charge in [0.1, 0.15) is 17.7 Å². The van der Waals surface area contributed by atoms with Crippen molar-refractivity contribution < 1.29 is 24.2 Å². The highest BCUT2D eigenvalue weighted by molar-refractivity contribution is 5.93. The molecule has 0 bridgehead atoms. The molecule has 33 heavy (non-hydrogen) atoms. The number of aryl methyl sites for hydroxylation is 1. The molecule has 3 N–H and O–H groups in total. The van der Waals surface area contributed by atoms with E-state index in [0.717, 1.165) is 12.0 Å². The molecule has 0 radical (unpaired) electrons. The highest BCUT2D eigenvalue weighted by atomic mass is 16.6. The van der Waals surface area contributed by atoms with Crippen LogP contribution >= 0.6 is 0 Å². The van der Waals surface area contributed by atoms with E-state index in [9.17, 15) is 19.5 Å². The average molecular weight is 462 g/mol. The Morgan fingerprint density at radius 2 is 1.73 bits per heavy atom. The molecular formula is C25H39N3O5. The molecule has 0 saturated heterocycles. The van der Waals surface area contributed by atoms with Gasteiger partial charge in [-0.2, -0.15) is 0 Å². The number of carbonyl (C=O) groups excluding carboxylic acids is 3. The van der Waals surface area contributed by atoms with E-state index in [4.69, 9.17) is 4.74 Å². The smallest absolute Gasteiger partial charge is 0.408 e. The van der Waals surface area contributed by atoms with Crippen molar-refractivity contribution in [2.45, 2.75) is 91.1 Å². The Labute approximate surface area is 197 Å². The summed E-state index contributed by atoms with van der Waals surface area (Å²) in [7, 11) is 0. The second-order valence-electron chi connectivity index (χ2n) is 10.9. The van der Waals surface area contributed by atoms with Crippen LogP contribution in [0.25, 0.3) is 0 Å². The molecule has 1 aliphatic rings. The number of aliphatic hydroxyl groups is 1. The fraction of sp³-hybridized carbons (Fsp3) is 0.640. The summed E-state index contributed by atoms with van der Waals surface area (Å²) in [6, 6.07) is 5.13. The molecule has 4 atom stereocenters. The van der Waals surface area contributed by atoms with E-state index in [0.29, 0.717) is 5.56 Å². The molecule has 0 aromatic heterocycles. The molecule has 3 amide bonds. The Bertz CT molecular complexity index is 872. The summed E-state index contributed by atoms with van der Waals surface area (Å²) < 4.78 is 5.26. The van der Waals surface area contributed by atoms with Gasteiger partial charge in [0, 0.05) is 11.6 Å². The van der Waals surface area contributed by atoms with Gasteiger partial charge in [0.2, 0.25) is 11.8 Å². The topological polar surface area (TPSA) is 108 Å². The minimum atomic E-state index is -1.23. The summed E-state index contributed by atoms with van der Waals surface area (Å²) in [5.41, 5.74) is 0.320. The minimum absolute atomic E-state index is 0.178. The standard InChI is InChI=1S/C25H39N3O5/c1-15-11-9-10-12-17(15)20(21(30)27-24(3,4)5)28(19-13-16(19)2)22(31)18(14-29)26-23(32)33-25(6,7)8/h9-12,16,18-20,29H,13-14H2,1-8H3,(H,26,32)(H,27,30). The van der Waals surface area contributed by atoms with Gasteiger partial charge >= 0.3 is 6.09 Å². The molecule has 1 fully saturated rings. The van der Waals surface area contributed by atoms with Gasteiger partial charge in [-0.05, 0) is 71.9 Å². The maximum atomic E-state index is 13.7. The van der Waals surface area contributed by atoms with Crippen molar-refractivity contribution in [1.82, 2.24) is 15.5 Å². The van der Waals surface area contributed by atoms with Crippen LogP contribution in [0.1, 0.15) is 72.1 Å². The Morgan fingerprint density at radius 3 is 2.18 bits per heavy atom. The minimum Gasteiger partial charge on any atom is -0.444 e. The van der Waals surface area contributed by atoms with Gasteiger partial charge in [-0.25, -0.2) is 4.79 Å². The lowest BCUT2D eigenvalue weighted by atomic mass is 9.96. The van der Waals surface area contributed by atoms with Crippen LogP contribution in [0.3, 0.4) is 0 Å². The molecule has 8 nitrogen and oxygen atoms in total.